The SMILES string of the molecule is Cc1ccc(C)c(N2c3cc4c(cc3N(C)[C@@H]2C)C(C)(C)c2c(C)cccc2-4)c1. The molecule has 3 aromatic carbocycles. The van der Waals surface area contributed by atoms with Crippen molar-refractivity contribution in [3.63, 3.8) is 0 Å². The minimum Gasteiger partial charge on any atom is -0.353 e. The normalized spacial score (nSPS) is 18.7. The molecule has 2 nitrogen and oxygen atoms in total. The average Bonchev–Trinajstić information content (AvgIpc) is 3.05. The zero-order chi connectivity index (χ0) is 20.7. The molecule has 29 heavy (non-hydrogen) atoms. The smallest absolute Gasteiger partial charge is 0.103 e. The van der Waals surface area contributed by atoms with Crippen molar-refractivity contribution in [1.82, 2.24) is 0 Å². The van der Waals surface area contributed by atoms with E-state index < -0.39 is 0 Å². The predicted octanol–water partition coefficient (Wildman–Crippen LogP) is 6.85. The van der Waals surface area contributed by atoms with Gasteiger partial charge in [-0.3, -0.25) is 0 Å². The minimum absolute atomic E-state index is 0.0296. The van der Waals surface area contributed by atoms with Gasteiger partial charge < -0.3 is 9.80 Å². The van der Waals surface area contributed by atoms with Gasteiger partial charge in [0, 0.05) is 18.2 Å². The number of hydrogen-bond acceptors (Lipinski definition) is 2. The van der Waals surface area contributed by atoms with Crippen LogP contribution in [0.5, 0.6) is 0 Å². The molecule has 3 aromatic rings. The lowest BCUT2D eigenvalue weighted by Gasteiger charge is -2.29. The molecule has 0 saturated carbocycles. The Morgan fingerprint density at radius 2 is 1.55 bits per heavy atom. The molecule has 0 N–H and O–H groups in total. The third kappa shape index (κ3) is 2.35. The fraction of sp³-hybridized carbons (Fsp3) is 0.333. The lowest BCUT2D eigenvalue weighted by atomic mass is 9.80. The van der Waals surface area contributed by atoms with Crippen LogP contribution in [0.3, 0.4) is 0 Å². The van der Waals surface area contributed by atoms with E-state index in [-0.39, 0.29) is 11.6 Å². The Morgan fingerprint density at radius 3 is 2.31 bits per heavy atom. The molecule has 2 aliphatic rings. The fourth-order valence-corrected chi connectivity index (χ4v) is 5.53. The van der Waals surface area contributed by atoms with Gasteiger partial charge >= 0.3 is 0 Å². The second-order valence-electron chi connectivity index (χ2n) is 9.41. The van der Waals surface area contributed by atoms with Crippen LogP contribution >= 0.6 is 0 Å². The summed E-state index contributed by atoms with van der Waals surface area (Å²) in [6.45, 7) is 13.7. The first-order valence-corrected chi connectivity index (χ1v) is 10.6. The summed E-state index contributed by atoms with van der Waals surface area (Å²) >= 11 is 0. The van der Waals surface area contributed by atoms with Crippen molar-refractivity contribution in [2.75, 3.05) is 16.8 Å². The van der Waals surface area contributed by atoms with Gasteiger partial charge in [0.1, 0.15) is 6.17 Å². The molecule has 0 bridgehead atoms. The Kier molecular flexibility index (Phi) is 3.71. The summed E-state index contributed by atoms with van der Waals surface area (Å²) in [5.41, 5.74) is 13.7. The van der Waals surface area contributed by atoms with Crippen LogP contribution in [0.1, 0.15) is 48.6 Å². The number of anilines is 3. The lowest BCUT2D eigenvalue weighted by molar-refractivity contribution is 0.655. The van der Waals surface area contributed by atoms with Gasteiger partial charge in [0.05, 0.1) is 11.4 Å². The molecule has 0 unspecified atom stereocenters. The van der Waals surface area contributed by atoms with E-state index in [0.29, 0.717) is 0 Å². The molecule has 0 spiro atoms. The molecule has 1 atom stereocenters. The van der Waals surface area contributed by atoms with Crippen molar-refractivity contribution in [3.8, 4) is 11.1 Å². The number of benzene rings is 3. The zero-order valence-corrected chi connectivity index (χ0v) is 18.6. The summed E-state index contributed by atoms with van der Waals surface area (Å²) in [4.78, 5) is 4.93. The highest BCUT2D eigenvalue weighted by Crippen LogP contribution is 2.55. The van der Waals surface area contributed by atoms with Gasteiger partial charge in [-0.05, 0) is 84.8 Å². The first-order valence-electron chi connectivity index (χ1n) is 10.6. The highest BCUT2D eigenvalue weighted by atomic mass is 15.4. The highest BCUT2D eigenvalue weighted by molar-refractivity contribution is 5.93. The van der Waals surface area contributed by atoms with Crippen LogP contribution in [0, 0.1) is 20.8 Å². The molecule has 0 amide bonds. The Bertz CT molecular complexity index is 1160. The Morgan fingerprint density at radius 1 is 0.793 bits per heavy atom. The molecular weight excluding hydrogens is 352 g/mol. The van der Waals surface area contributed by atoms with Crippen molar-refractivity contribution in [2.24, 2.45) is 0 Å². The summed E-state index contributed by atoms with van der Waals surface area (Å²) in [7, 11) is 2.22. The van der Waals surface area contributed by atoms with E-state index >= 15 is 0 Å². The van der Waals surface area contributed by atoms with Crippen molar-refractivity contribution in [3.05, 3.63) is 76.3 Å². The summed E-state index contributed by atoms with van der Waals surface area (Å²) in [6.07, 6.45) is 0.285. The second-order valence-corrected chi connectivity index (χ2v) is 9.41. The number of aryl methyl sites for hydroxylation is 3. The molecular formula is C27H30N2. The largest absolute Gasteiger partial charge is 0.353 e. The summed E-state index contributed by atoms with van der Waals surface area (Å²) < 4.78 is 0. The minimum atomic E-state index is 0.0296. The van der Waals surface area contributed by atoms with Crippen LogP contribution in [0.15, 0.2) is 48.5 Å². The standard InChI is InChI=1S/C27H30N2/c1-16-11-12-17(2)23(13-16)29-19(4)28(7)24-15-22-21(14-25(24)29)20-10-8-9-18(3)26(20)27(22,5)6/h8-15,19H,1-7H3/t19-/m0/s1. The number of fused-ring (bicyclic) bond motifs is 4. The van der Waals surface area contributed by atoms with E-state index in [4.69, 9.17) is 0 Å². The molecule has 2 heteroatoms. The molecule has 5 rings (SSSR count). The molecule has 1 aliphatic heterocycles. The Balaban J connectivity index is 1.78. The Labute approximate surface area is 174 Å². The monoisotopic (exact) mass is 382 g/mol. The quantitative estimate of drug-likeness (QED) is 0.454. The van der Waals surface area contributed by atoms with Crippen molar-refractivity contribution < 1.29 is 0 Å². The first kappa shape index (κ1) is 18.3. The number of hydrogen-bond donors (Lipinski definition) is 0. The zero-order valence-electron chi connectivity index (χ0n) is 18.6. The average molecular weight is 383 g/mol. The summed E-state index contributed by atoms with van der Waals surface area (Å²) in [5, 5.41) is 0. The molecule has 0 radical (unpaired) electrons. The van der Waals surface area contributed by atoms with E-state index in [1.54, 1.807) is 0 Å². The highest BCUT2D eigenvalue weighted by Gasteiger charge is 2.41. The first-order chi connectivity index (χ1) is 13.7. The van der Waals surface area contributed by atoms with Gasteiger partial charge in [-0.1, -0.05) is 44.2 Å². The molecule has 0 fully saturated rings. The maximum absolute atomic E-state index is 2.51. The van der Waals surface area contributed by atoms with Gasteiger partial charge in [-0.15, -0.1) is 0 Å². The maximum atomic E-state index is 2.51. The lowest BCUT2D eigenvalue weighted by Crippen LogP contribution is -2.36. The number of rotatable bonds is 1. The molecule has 1 heterocycles. The summed E-state index contributed by atoms with van der Waals surface area (Å²) in [6, 6.07) is 18.4. The van der Waals surface area contributed by atoms with Crippen LogP contribution < -0.4 is 9.80 Å². The van der Waals surface area contributed by atoms with E-state index in [1.807, 2.05) is 0 Å². The van der Waals surface area contributed by atoms with E-state index in [0.717, 1.165) is 0 Å². The second kappa shape index (κ2) is 5.89. The van der Waals surface area contributed by atoms with Crippen LogP contribution in [-0.2, 0) is 5.41 Å². The van der Waals surface area contributed by atoms with Gasteiger partial charge in [-0.2, -0.15) is 0 Å². The van der Waals surface area contributed by atoms with Crippen LogP contribution in [0.4, 0.5) is 17.1 Å². The van der Waals surface area contributed by atoms with Gasteiger partial charge in [0.25, 0.3) is 0 Å². The van der Waals surface area contributed by atoms with Gasteiger partial charge in [0.15, 0.2) is 0 Å². The van der Waals surface area contributed by atoms with Crippen LogP contribution in [-0.4, -0.2) is 13.2 Å². The van der Waals surface area contributed by atoms with Gasteiger partial charge in [0.2, 0.25) is 0 Å². The summed E-state index contributed by atoms with van der Waals surface area (Å²) in [5.74, 6) is 0. The molecule has 0 aromatic heterocycles. The van der Waals surface area contributed by atoms with Crippen LogP contribution in [0.25, 0.3) is 11.1 Å². The van der Waals surface area contributed by atoms with E-state index in [2.05, 4.69) is 107 Å². The Hall–Kier alpha value is -2.74. The van der Waals surface area contributed by atoms with E-state index in [1.165, 1.54) is 56.0 Å². The third-order valence-corrected chi connectivity index (χ3v) is 7.17. The number of nitrogens with zero attached hydrogens (tertiary/aromatic N) is 2. The molecule has 1 aliphatic carbocycles. The molecule has 0 saturated heterocycles. The van der Waals surface area contributed by atoms with Crippen molar-refractivity contribution in [2.45, 2.75) is 53.1 Å². The van der Waals surface area contributed by atoms with Gasteiger partial charge in [-0.25, -0.2) is 0 Å². The van der Waals surface area contributed by atoms with Crippen molar-refractivity contribution in [1.29, 1.82) is 0 Å². The third-order valence-electron chi connectivity index (χ3n) is 7.17. The topological polar surface area (TPSA) is 6.48 Å². The predicted molar refractivity (Wildman–Crippen MR) is 125 cm³/mol. The molecule has 148 valence electrons. The van der Waals surface area contributed by atoms with Crippen LogP contribution in [0.2, 0.25) is 0 Å². The van der Waals surface area contributed by atoms with Crippen molar-refractivity contribution >= 4 is 17.1 Å². The fourth-order valence-electron chi connectivity index (χ4n) is 5.53. The van der Waals surface area contributed by atoms with E-state index in [9.17, 15) is 0 Å². The maximum Gasteiger partial charge on any atom is 0.103 e.